The average Bonchev–Trinajstić information content (AvgIpc) is 2.92. The summed E-state index contributed by atoms with van der Waals surface area (Å²) in [5.74, 6) is -0.631. The molecule has 0 atom stereocenters. The molecule has 0 aliphatic carbocycles. The van der Waals surface area contributed by atoms with Crippen molar-refractivity contribution in [3.05, 3.63) is 69.9 Å². The highest BCUT2D eigenvalue weighted by Crippen LogP contribution is 2.32. The van der Waals surface area contributed by atoms with Crippen LogP contribution in [0.15, 0.2) is 48.2 Å². The van der Waals surface area contributed by atoms with Gasteiger partial charge >= 0.3 is 0 Å². The van der Waals surface area contributed by atoms with Crippen molar-refractivity contribution in [2.75, 3.05) is 18.5 Å². The molecule has 2 aromatic rings. The predicted molar refractivity (Wildman–Crippen MR) is 120 cm³/mol. The first-order chi connectivity index (χ1) is 14.3. The van der Waals surface area contributed by atoms with Crippen LogP contribution in [0.2, 0.25) is 5.02 Å². The average molecular weight is 427 g/mol. The Hall–Kier alpha value is -2.63. The van der Waals surface area contributed by atoms with E-state index in [0.29, 0.717) is 41.4 Å². The largest absolute Gasteiger partial charge is 0.379 e. The van der Waals surface area contributed by atoms with Crippen LogP contribution in [0, 0.1) is 13.8 Å². The number of nitrogens with one attached hydrogen (secondary N) is 1. The second-order valence-corrected chi connectivity index (χ2v) is 8.17. The molecule has 1 N–H and O–H groups in total. The van der Waals surface area contributed by atoms with E-state index < -0.39 is 0 Å². The minimum absolute atomic E-state index is 0.111. The number of hydrogen-bond donors (Lipinski definition) is 1. The first kappa shape index (κ1) is 22.1. The summed E-state index contributed by atoms with van der Waals surface area (Å²) in [5, 5.41) is 3.79. The van der Waals surface area contributed by atoms with E-state index in [2.05, 4.69) is 5.32 Å². The molecule has 3 rings (SSSR count). The maximum Gasteiger partial charge on any atom is 0.278 e. The number of aryl methyl sites for hydroxylation is 2. The number of amides is 2. The molecule has 6 heteroatoms. The molecule has 0 spiro atoms. The summed E-state index contributed by atoms with van der Waals surface area (Å²) >= 11 is 6.02. The highest BCUT2D eigenvalue weighted by Gasteiger charge is 2.39. The number of benzene rings is 2. The molecule has 0 saturated carbocycles. The monoisotopic (exact) mass is 426 g/mol. The number of anilines is 1. The Morgan fingerprint density at radius 1 is 1.03 bits per heavy atom. The number of carbonyl (C=O) groups excluding carboxylic acids is 2. The maximum absolute atomic E-state index is 13.2. The molecule has 0 bridgehead atoms. The van der Waals surface area contributed by atoms with Gasteiger partial charge in [-0.2, -0.15) is 0 Å². The number of nitrogens with zero attached hydrogens (tertiary/aromatic N) is 1. The van der Waals surface area contributed by atoms with Gasteiger partial charge in [-0.25, -0.2) is 0 Å². The van der Waals surface area contributed by atoms with Crippen molar-refractivity contribution in [1.82, 2.24) is 4.90 Å². The van der Waals surface area contributed by atoms with Crippen molar-refractivity contribution in [3.8, 4) is 0 Å². The van der Waals surface area contributed by atoms with Crippen LogP contribution < -0.4 is 5.32 Å². The molecular formula is C24H27ClN2O3. The topological polar surface area (TPSA) is 58.6 Å². The van der Waals surface area contributed by atoms with E-state index in [1.54, 1.807) is 24.3 Å². The molecule has 1 aliphatic rings. The van der Waals surface area contributed by atoms with Gasteiger partial charge in [0, 0.05) is 23.9 Å². The number of halogens is 1. The SMILES string of the molecule is Cc1ccc(NC2=C(c3ccc(Cl)cc3)C(=O)N(CCCOC(C)C)C2=O)c(C)c1. The third kappa shape index (κ3) is 4.91. The van der Waals surface area contributed by atoms with Gasteiger partial charge in [0.05, 0.1) is 11.7 Å². The van der Waals surface area contributed by atoms with E-state index in [9.17, 15) is 9.59 Å². The fourth-order valence-electron chi connectivity index (χ4n) is 3.41. The number of rotatable bonds is 8. The van der Waals surface area contributed by atoms with Crippen LogP contribution >= 0.6 is 11.6 Å². The third-order valence-electron chi connectivity index (χ3n) is 4.92. The Morgan fingerprint density at radius 3 is 2.37 bits per heavy atom. The second-order valence-electron chi connectivity index (χ2n) is 7.74. The molecule has 2 aromatic carbocycles. The van der Waals surface area contributed by atoms with Crippen LogP contribution in [0.5, 0.6) is 0 Å². The van der Waals surface area contributed by atoms with Gasteiger partial charge in [0.15, 0.2) is 0 Å². The van der Waals surface area contributed by atoms with Crippen LogP contribution in [0.25, 0.3) is 5.57 Å². The summed E-state index contributed by atoms with van der Waals surface area (Å²) in [5.41, 5.74) is 4.24. The van der Waals surface area contributed by atoms with E-state index in [4.69, 9.17) is 16.3 Å². The van der Waals surface area contributed by atoms with E-state index in [1.807, 2.05) is 45.9 Å². The number of ether oxygens (including phenoxy) is 1. The Balaban J connectivity index is 1.92. The van der Waals surface area contributed by atoms with E-state index in [1.165, 1.54) is 4.90 Å². The lowest BCUT2D eigenvalue weighted by atomic mass is 10.0. The lowest BCUT2D eigenvalue weighted by Crippen LogP contribution is -2.34. The molecule has 2 amide bonds. The smallest absolute Gasteiger partial charge is 0.278 e. The zero-order valence-corrected chi connectivity index (χ0v) is 18.5. The second kappa shape index (κ2) is 9.45. The lowest BCUT2D eigenvalue weighted by Gasteiger charge is -2.16. The summed E-state index contributed by atoms with van der Waals surface area (Å²) in [6.07, 6.45) is 0.694. The minimum Gasteiger partial charge on any atom is -0.379 e. The highest BCUT2D eigenvalue weighted by atomic mass is 35.5. The molecule has 1 aliphatic heterocycles. The standard InChI is InChI=1S/C24H27ClN2O3/c1-15(2)30-13-5-12-27-23(28)21(18-7-9-19(25)10-8-18)22(24(27)29)26-20-11-6-16(3)14-17(20)4/h6-11,14-15,26H,5,12-13H2,1-4H3. The molecular weight excluding hydrogens is 400 g/mol. The summed E-state index contributed by atoms with van der Waals surface area (Å²) in [6, 6.07) is 12.9. The van der Waals surface area contributed by atoms with Gasteiger partial charge in [-0.05, 0) is 63.4 Å². The fourth-order valence-corrected chi connectivity index (χ4v) is 3.54. The first-order valence-electron chi connectivity index (χ1n) is 10.1. The number of imide groups is 1. The van der Waals surface area contributed by atoms with Gasteiger partial charge < -0.3 is 10.1 Å². The molecule has 30 heavy (non-hydrogen) atoms. The number of carbonyl (C=O) groups is 2. The van der Waals surface area contributed by atoms with Crippen molar-refractivity contribution in [2.24, 2.45) is 0 Å². The lowest BCUT2D eigenvalue weighted by molar-refractivity contribution is -0.137. The molecule has 1 heterocycles. The van der Waals surface area contributed by atoms with Gasteiger partial charge in [0.2, 0.25) is 0 Å². The normalized spacial score (nSPS) is 14.3. The van der Waals surface area contributed by atoms with Gasteiger partial charge in [-0.15, -0.1) is 0 Å². The Morgan fingerprint density at radius 2 is 1.73 bits per heavy atom. The van der Waals surface area contributed by atoms with Gasteiger partial charge in [-0.3, -0.25) is 14.5 Å². The Bertz CT molecular complexity index is 980. The fraction of sp³-hybridized carbons (Fsp3) is 0.333. The zero-order valence-electron chi connectivity index (χ0n) is 17.8. The van der Waals surface area contributed by atoms with Crippen LogP contribution in [-0.4, -0.2) is 36.0 Å². The summed E-state index contributed by atoms with van der Waals surface area (Å²) in [7, 11) is 0. The molecule has 158 valence electrons. The summed E-state index contributed by atoms with van der Waals surface area (Å²) in [6.45, 7) is 8.70. The predicted octanol–water partition coefficient (Wildman–Crippen LogP) is 4.96. The van der Waals surface area contributed by atoms with Gasteiger partial charge in [0.25, 0.3) is 11.8 Å². The van der Waals surface area contributed by atoms with Crippen molar-refractivity contribution in [2.45, 2.75) is 40.2 Å². The Labute approximate surface area is 182 Å². The van der Waals surface area contributed by atoms with Crippen LogP contribution in [0.1, 0.15) is 37.0 Å². The molecule has 0 unspecified atom stereocenters. The van der Waals surface area contributed by atoms with Crippen molar-refractivity contribution in [1.29, 1.82) is 0 Å². The maximum atomic E-state index is 13.2. The zero-order chi connectivity index (χ0) is 21.8. The van der Waals surface area contributed by atoms with Crippen molar-refractivity contribution < 1.29 is 14.3 Å². The van der Waals surface area contributed by atoms with E-state index in [0.717, 1.165) is 16.8 Å². The Kier molecular flexibility index (Phi) is 6.95. The third-order valence-corrected chi connectivity index (χ3v) is 5.17. The minimum atomic E-state index is -0.325. The quantitative estimate of drug-likeness (QED) is 0.478. The summed E-state index contributed by atoms with van der Waals surface area (Å²) < 4.78 is 5.55. The van der Waals surface area contributed by atoms with Crippen LogP contribution in [0.4, 0.5) is 5.69 Å². The van der Waals surface area contributed by atoms with E-state index in [-0.39, 0.29) is 17.9 Å². The highest BCUT2D eigenvalue weighted by molar-refractivity contribution is 6.37. The molecule has 0 fully saturated rings. The van der Waals surface area contributed by atoms with Crippen LogP contribution in [0.3, 0.4) is 0 Å². The van der Waals surface area contributed by atoms with Gasteiger partial charge in [-0.1, -0.05) is 41.4 Å². The molecule has 0 radical (unpaired) electrons. The number of hydrogen-bond acceptors (Lipinski definition) is 4. The van der Waals surface area contributed by atoms with Crippen molar-refractivity contribution >= 4 is 34.7 Å². The van der Waals surface area contributed by atoms with Crippen molar-refractivity contribution in [3.63, 3.8) is 0 Å². The molecule has 5 nitrogen and oxygen atoms in total. The molecule has 0 saturated heterocycles. The van der Waals surface area contributed by atoms with E-state index >= 15 is 0 Å². The van der Waals surface area contributed by atoms with Gasteiger partial charge in [0.1, 0.15) is 5.70 Å². The van der Waals surface area contributed by atoms with Crippen LogP contribution in [-0.2, 0) is 14.3 Å². The summed E-state index contributed by atoms with van der Waals surface area (Å²) in [4.78, 5) is 27.7. The first-order valence-corrected chi connectivity index (χ1v) is 10.5. The molecule has 0 aromatic heterocycles.